The molecule has 1 atom stereocenters. The van der Waals surface area contributed by atoms with Crippen LogP contribution in [0.5, 0.6) is 0 Å². The summed E-state index contributed by atoms with van der Waals surface area (Å²) >= 11 is 0. The van der Waals surface area contributed by atoms with Crippen LogP contribution in [0, 0.1) is 5.82 Å². The third kappa shape index (κ3) is 1.91. The van der Waals surface area contributed by atoms with Crippen LogP contribution in [0.4, 0.5) is 15.9 Å². The van der Waals surface area contributed by atoms with E-state index < -0.39 is 5.82 Å². The Balaban J connectivity index is 2.05. The molecule has 20 heavy (non-hydrogen) atoms. The van der Waals surface area contributed by atoms with E-state index in [1.807, 2.05) is 31.2 Å². The molecule has 0 bridgehead atoms. The molecule has 1 aliphatic heterocycles. The van der Waals surface area contributed by atoms with Gasteiger partial charge in [-0.25, -0.2) is 9.37 Å². The largest absolute Gasteiger partial charge is 0.383 e. The first-order valence-corrected chi connectivity index (χ1v) is 6.40. The Morgan fingerprint density at radius 3 is 3.00 bits per heavy atom. The number of rotatable bonds is 1. The fourth-order valence-electron chi connectivity index (χ4n) is 2.63. The summed E-state index contributed by atoms with van der Waals surface area (Å²) in [5.74, 6) is -0.831. The molecule has 1 aromatic heterocycles. The van der Waals surface area contributed by atoms with Gasteiger partial charge >= 0.3 is 0 Å². The minimum atomic E-state index is -0.567. The number of para-hydroxylation sites is 1. The lowest BCUT2D eigenvalue weighted by atomic mass is 10.1. The molecule has 0 saturated heterocycles. The lowest BCUT2D eigenvalue weighted by molar-refractivity contribution is 0.0981. The van der Waals surface area contributed by atoms with Crippen LogP contribution in [-0.2, 0) is 6.42 Å². The van der Waals surface area contributed by atoms with Crippen molar-refractivity contribution in [2.45, 2.75) is 19.4 Å². The van der Waals surface area contributed by atoms with E-state index in [1.165, 1.54) is 0 Å². The van der Waals surface area contributed by atoms with Crippen molar-refractivity contribution in [3.8, 4) is 0 Å². The predicted octanol–water partition coefficient (Wildman–Crippen LogP) is 2.39. The molecule has 1 aromatic carbocycles. The van der Waals surface area contributed by atoms with Crippen LogP contribution in [0.25, 0.3) is 0 Å². The highest BCUT2D eigenvalue weighted by Crippen LogP contribution is 2.33. The lowest BCUT2D eigenvalue weighted by Crippen LogP contribution is -2.36. The van der Waals surface area contributed by atoms with Crippen LogP contribution in [-0.4, -0.2) is 16.9 Å². The minimum absolute atomic E-state index is 0.0163. The van der Waals surface area contributed by atoms with Crippen molar-refractivity contribution in [3.63, 3.8) is 0 Å². The summed E-state index contributed by atoms with van der Waals surface area (Å²) in [5.41, 5.74) is 7.77. The molecule has 2 aromatic rings. The molecule has 1 aliphatic rings. The minimum Gasteiger partial charge on any atom is -0.383 e. The third-order valence-corrected chi connectivity index (χ3v) is 3.54. The summed E-state index contributed by atoms with van der Waals surface area (Å²) in [6.07, 6.45) is 1.79. The molecule has 2 N–H and O–H groups in total. The van der Waals surface area contributed by atoms with Crippen LogP contribution in [0.15, 0.2) is 36.5 Å². The van der Waals surface area contributed by atoms with Crippen molar-refractivity contribution in [1.29, 1.82) is 0 Å². The molecule has 0 fully saturated rings. The van der Waals surface area contributed by atoms with Crippen molar-refractivity contribution >= 4 is 17.4 Å². The van der Waals surface area contributed by atoms with E-state index in [1.54, 1.807) is 4.90 Å². The summed E-state index contributed by atoms with van der Waals surface area (Å²) in [7, 11) is 0. The normalized spacial score (nSPS) is 17.1. The smallest absolute Gasteiger partial charge is 0.262 e. The summed E-state index contributed by atoms with van der Waals surface area (Å²) < 4.78 is 13.3. The van der Waals surface area contributed by atoms with Crippen molar-refractivity contribution in [3.05, 3.63) is 53.5 Å². The number of hydrogen-bond acceptors (Lipinski definition) is 3. The first-order valence-electron chi connectivity index (χ1n) is 6.40. The summed E-state index contributed by atoms with van der Waals surface area (Å²) in [6, 6.07) is 8.86. The summed E-state index contributed by atoms with van der Waals surface area (Å²) in [4.78, 5) is 18.0. The Morgan fingerprint density at radius 2 is 2.20 bits per heavy atom. The second kappa shape index (κ2) is 4.59. The number of amides is 1. The molecule has 0 saturated carbocycles. The van der Waals surface area contributed by atoms with Gasteiger partial charge in [0.2, 0.25) is 0 Å². The van der Waals surface area contributed by atoms with Gasteiger partial charge in [-0.1, -0.05) is 18.2 Å². The molecule has 4 nitrogen and oxygen atoms in total. The highest BCUT2D eigenvalue weighted by atomic mass is 19.1. The first-order chi connectivity index (χ1) is 9.58. The van der Waals surface area contributed by atoms with Gasteiger partial charge in [0.05, 0.1) is 11.8 Å². The van der Waals surface area contributed by atoms with Gasteiger partial charge in [-0.3, -0.25) is 4.79 Å². The van der Waals surface area contributed by atoms with Crippen molar-refractivity contribution in [2.75, 3.05) is 10.6 Å². The number of pyridine rings is 1. The second-order valence-electron chi connectivity index (χ2n) is 4.94. The molecule has 1 amide bonds. The monoisotopic (exact) mass is 271 g/mol. The number of carbonyl (C=O) groups is 1. The van der Waals surface area contributed by atoms with E-state index in [9.17, 15) is 9.18 Å². The zero-order valence-electron chi connectivity index (χ0n) is 11.0. The fraction of sp³-hybridized carbons (Fsp3) is 0.200. The average molecular weight is 271 g/mol. The number of anilines is 2. The van der Waals surface area contributed by atoms with Gasteiger partial charge in [0.1, 0.15) is 11.6 Å². The maximum atomic E-state index is 13.3. The molecule has 0 radical (unpaired) electrons. The zero-order chi connectivity index (χ0) is 14.3. The standard InChI is InChI=1S/C15H14FN3O/c1-9-6-10-4-2-3-5-13(10)19(9)15(20)12-7-11(16)8-18-14(12)17/h2-5,7-9H,6H2,1H3,(H2,17,18). The second-order valence-corrected chi connectivity index (χ2v) is 4.94. The lowest BCUT2D eigenvalue weighted by Gasteiger charge is -2.23. The Bertz CT molecular complexity index is 687. The fourth-order valence-corrected chi connectivity index (χ4v) is 2.63. The number of benzene rings is 1. The number of nitrogens with two attached hydrogens (primary N) is 1. The third-order valence-electron chi connectivity index (χ3n) is 3.54. The average Bonchev–Trinajstić information content (AvgIpc) is 2.76. The Hall–Kier alpha value is -2.43. The quantitative estimate of drug-likeness (QED) is 0.866. The highest BCUT2D eigenvalue weighted by Gasteiger charge is 2.32. The molecule has 0 aliphatic carbocycles. The SMILES string of the molecule is CC1Cc2ccccc2N1C(=O)c1cc(F)cnc1N. The number of nitrogens with zero attached hydrogens (tertiary/aromatic N) is 2. The summed E-state index contributed by atoms with van der Waals surface area (Å²) in [6.45, 7) is 1.96. The number of hydrogen-bond donors (Lipinski definition) is 1. The first kappa shape index (κ1) is 12.6. The van der Waals surface area contributed by atoms with E-state index in [2.05, 4.69) is 4.98 Å². The number of carbonyl (C=O) groups excluding carboxylic acids is 1. The maximum Gasteiger partial charge on any atom is 0.262 e. The molecule has 102 valence electrons. The van der Waals surface area contributed by atoms with Crippen LogP contribution in [0.1, 0.15) is 22.8 Å². The Labute approximate surface area is 116 Å². The molecule has 2 heterocycles. The van der Waals surface area contributed by atoms with Crippen molar-refractivity contribution in [2.24, 2.45) is 0 Å². The number of nitrogen functional groups attached to an aromatic ring is 1. The van der Waals surface area contributed by atoms with Gasteiger partial charge in [-0.2, -0.15) is 0 Å². The molecule has 1 unspecified atom stereocenters. The van der Waals surface area contributed by atoms with Gasteiger partial charge in [0, 0.05) is 11.7 Å². The van der Waals surface area contributed by atoms with Crippen LogP contribution in [0.3, 0.4) is 0 Å². The zero-order valence-corrected chi connectivity index (χ0v) is 11.0. The van der Waals surface area contributed by atoms with Crippen molar-refractivity contribution < 1.29 is 9.18 Å². The van der Waals surface area contributed by atoms with Gasteiger partial charge in [0.15, 0.2) is 0 Å². The summed E-state index contributed by atoms with van der Waals surface area (Å²) in [5, 5.41) is 0. The van der Waals surface area contributed by atoms with E-state index in [4.69, 9.17) is 5.73 Å². The van der Waals surface area contributed by atoms with E-state index in [-0.39, 0.29) is 23.3 Å². The highest BCUT2D eigenvalue weighted by molar-refractivity contribution is 6.10. The van der Waals surface area contributed by atoms with Gasteiger partial charge < -0.3 is 10.6 Å². The maximum absolute atomic E-state index is 13.3. The van der Waals surface area contributed by atoms with Gasteiger partial charge in [-0.15, -0.1) is 0 Å². The van der Waals surface area contributed by atoms with Gasteiger partial charge in [-0.05, 0) is 31.0 Å². The topological polar surface area (TPSA) is 59.2 Å². The van der Waals surface area contributed by atoms with E-state index >= 15 is 0 Å². The van der Waals surface area contributed by atoms with E-state index in [0.717, 1.165) is 29.9 Å². The van der Waals surface area contributed by atoms with E-state index in [0.29, 0.717) is 0 Å². The number of fused-ring (bicyclic) bond motifs is 1. The van der Waals surface area contributed by atoms with Gasteiger partial charge in [0.25, 0.3) is 5.91 Å². The number of aromatic nitrogens is 1. The molecular formula is C15H14FN3O. The number of halogens is 1. The molecule has 3 rings (SSSR count). The van der Waals surface area contributed by atoms with Crippen LogP contribution >= 0.6 is 0 Å². The van der Waals surface area contributed by atoms with Crippen LogP contribution in [0.2, 0.25) is 0 Å². The molecular weight excluding hydrogens is 257 g/mol. The van der Waals surface area contributed by atoms with Crippen molar-refractivity contribution in [1.82, 2.24) is 4.98 Å². The molecule has 0 spiro atoms. The Morgan fingerprint density at radius 1 is 1.45 bits per heavy atom. The molecule has 5 heteroatoms. The Kier molecular flexibility index (Phi) is 2.89. The predicted molar refractivity (Wildman–Crippen MR) is 75.0 cm³/mol. The van der Waals surface area contributed by atoms with Crippen LogP contribution < -0.4 is 10.6 Å².